The first-order valence-corrected chi connectivity index (χ1v) is 11.5. The van der Waals surface area contributed by atoms with E-state index in [1.54, 1.807) is 30.3 Å². The summed E-state index contributed by atoms with van der Waals surface area (Å²) in [5, 5.41) is 10.1. The van der Waals surface area contributed by atoms with Crippen molar-refractivity contribution in [2.24, 2.45) is 0 Å². The van der Waals surface area contributed by atoms with Crippen LogP contribution in [0.15, 0.2) is 51.7 Å². The van der Waals surface area contributed by atoms with E-state index in [1.807, 2.05) is 6.92 Å². The fraction of sp³-hybridized carbons (Fsp3) is 0.273. The minimum Gasteiger partial charge on any atom is -0.508 e. The number of hydrogen-bond donors (Lipinski definition) is 1. The minimum atomic E-state index is -3.25. The zero-order valence-corrected chi connectivity index (χ0v) is 17.0. The predicted octanol–water partition coefficient (Wildman–Crippen LogP) is 2.54. The van der Waals surface area contributed by atoms with Crippen molar-refractivity contribution in [3.05, 3.63) is 75.1 Å². The number of amides is 1. The van der Waals surface area contributed by atoms with Gasteiger partial charge < -0.3 is 14.4 Å². The zero-order valence-electron chi connectivity index (χ0n) is 16.2. The molecule has 1 aromatic heterocycles. The molecule has 0 bridgehead atoms. The number of phenolic OH excluding ortho intramolecular Hbond substituents is 1. The normalized spacial score (nSPS) is 22.6. The average Bonchev–Trinajstić information content (AvgIpc) is 3.20. The minimum absolute atomic E-state index is 0.00261. The Bertz CT molecular complexity index is 1360. The Morgan fingerprint density at radius 3 is 2.50 bits per heavy atom. The number of nitrogens with zero attached hydrogens (tertiary/aromatic N) is 1. The van der Waals surface area contributed by atoms with Crippen LogP contribution in [0.25, 0.3) is 11.0 Å². The lowest BCUT2D eigenvalue weighted by Crippen LogP contribution is -2.40. The molecule has 3 heterocycles. The number of hydrogen-bond acceptors (Lipinski definition) is 6. The highest BCUT2D eigenvalue weighted by molar-refractivity contribution is 7.91. The molecule has 8 heteroatoms. The van der Waals surface area contributed by atoms with Crippen molar-refractivity contribution in [2.75, 3.05) is 11.5 Å². The third-order valence-electron chi connectivity index (χ3n) is 5.87. The molecule has 2 aromatic carbocycles. The van der Waals surface area contributed by atoms with Crippen molar-refractivity contribution in [3.63, 3.8) is 0 Å². The molecule has 3 aromatic rings. The monoisotopic (exact) mass is 425 g/mol. The van der Waals surface area contributed by atoms with Crippen molar-refractivity contribution >= 4 is 26.7 Å². The second-order valence-corrected chi connectivity index (χ2v) is 10.2. The van der Waals surface area contributed by atoms with Crippen molar-refractivity contribution in [2.45, 2.75) is 25.4 Å². The maximum atomic E-state index is 13.5. The average molecular weight is 425 g/mol. The first kappa shape index (κ1) is 18.9. The number of carbonyl (C=O) groups is 1. The highest BCUT2D eigenvalue weighted by Crippen LogP contribution is 2.41. The largest absolute Gasteiger partial charge is 0.508 e. The summed E-state index contributed by atoms with van der Waals surface area (Å²) in [5.41, 5.74) is 1.74. The molecule has 2 aliphatic rings. The van der Waals surface area contributed by atoms with E-state index in [0.29, 0.717) is 23.0 Å². The van der Waals surface area contributed by atoms with E-state index in [1.165, 1.54) is 17.0 Å². The number of phenols is 1. The molecule has 0 aliphatic carbocycles. The summed E-state index contributed by atoms with van der Waals surface area (Å²) in [7, 11) is -3.25. The molecule has 0 saturated carbocycles. The number of carbonyl (C=O) groups excluding carboxylic acids is 1. The van der Waals surface area contributed by atoms with Crippen molar-refractivity contribution < 1.29 is 22.7 Å². The smallest absolute Gasteiger partial charge is 0.291 e. The van der Waals surface area contributed by atoms with Crippen LogP contribution in [0.2, 0.25) is 0 Å². The van der Waals surface area contributed by atoms with E-state index in [4.69, 9.17) is 4.42 Å². The molecule has 5 rings (SSSR count). The van der Waals surface area contributed by atoms with Gasteiger partial charge in [0.2, 0.25) is 5.76 Å². The van der Waals surface area contributed by atoms with E-state index in [2.05, 4.69) is 0 Å². The van der Waals surface area contributed by atoms with Gasteiger partial charge in [0.25, 0.3) is 5.91 Å². The number of benzene rings is 2. The van der Waals surface area contributed by atoms with Gasteiger partial charge in [-0.15, -0.1) is 0 Å². The van der Waals surface area contributed by atoms with Crippen molar-refractivity contribution in [1.82, 2.24) is 4.90 Å². The molecule has 2 unspecified atom stereocenters. The lowest BCUT2D eigenvalue weighted by Gasteiger charge is -2.30. The lowest BCUT2D eigenvalue weighted by molar-refractivity contribution is 0.0662. The van der Waals surface area contributed by atoms with Gasteiger partial charge >= 0.3 is 0 Å². The molecule has 2 atom stereocenters. The number of aromatic hydroxyl groups is 1. The number of aryl methyl sites for hydroxylation is 1. The van der Waals surface area contributed by atoms with Gasteiger partial charge in [-0.2, -0.15) is 0 Å². The Hall–Kier alpha value is -3.13. The summed E-state index contributed by atoms with van der Waals surface area (Å²) >= 11 is 0. The summed E-state index contributed by atoms with van der Waals surface area (Å²) in [6.07, 6.45) is 0.309. The van der Waals surface area contributed by atoms with Gasteiger partial charge in [-0.05, 0) is 43.2 Å². The SMILES string of the molecule is Cc1ccc2oc3c(c(=O)c2c1)C(c1ccc(O)cc1)N(C1CCS(=O)(=O)C1)C3=O. The lowest BCUT2D eigenvalue weighted by atomic mass is 9.97. The maximum Gasteiger partial charge on any atom is 0.291 e. The summed E-state index contributed by atoms with van der Waals surface area (Å²) in [6.45, 7) is 1.87. The van der Waals surface area contributed by atoms with Gasteiger partial charge in [0.1, 0.15) is 11.3 Å². The van der Waals surface area contributed by atoms with Crippen molar-refractivity contribution in [3.8, 4) is 5.75 Å². The third kappa shape index (κ3) is 2.82. The Kier molecular flexibility index (Phi) is 4.05. The second-order valence-electron chi connectivity index (χ2n) is 7.94. The summed E-state index contributed by atoms with van der Waals surface area (Å²) in [5.74, 6) is -0.612. The van der Waals surface area contributed by atoms with E-state index in [0.717, 1.165) is 5.56 Å². The first-order valence-electron chi connectivity index (χ1n) is 9.64. The molecule has 7 nitrogen and oxygen atoms in total. The standard InChI is InChI=1S/C22H19NO6S/c1-12-2-7-17-16(10-12)20(25)18-19(13-3-5-15(24)6-4-13)23(22(26)21(18)29-17)14-8-9-30(27,28)11-14/h2-7,10,14,19,24H,8-9,11H2,1H3. The van der Waals surface area contributed by atoms with E-state index >= 15 is 0 Å². The van der Waals surface area contributed by atoms with Crippen LogP contribution in [-0.4, -0.2) is 41.9 Å². The Labute approximate surface area is 172 Å². The molecule has 1 amide bonds. The van der Waals surface area contributed by atoms with Gasteiger partial charge in [-0.3, -0.25) is 9.59 Å². The molecule has 1 saturated heterocycles. The Morgan fingerprint density at radius 2 is 1.83 bits per heavy atom. The van der Waals surface area contributed by atoms with Crippen molar-refractivity contribution in [1.29, 1.82) is 0 Å². The van der Waals surface area contributed by atoms with Crippen LogP contribution in [0.1, 0.15) is 39.7 Å². The summed E-state index contributed by atoms with van der Waals surface area (Å²) in [4.78, 5) is 28.3. The quantitative estimate of drug-likeness (QED) is 0.677. The summed E-state index contributed by atoms with van der Waals surface area (Å²) < 4.78 is 30.1. The summed E-state index contributed by atoms with van der Waals surface area (Å²) in [6, 6.07) is 10.1. The first-order chi connectivity index (χ1) is 14.2. The molecular weight excluding hydrogens is 406 g/mol. The second kappa shape index (κ2) is 6.43. The van der Waals surface area contributed by atoms with Crippen LogP contribution in [0.3, 0.4) is 0 Å². The highest BCUT2D eigenvalue weighted by Gasteiger charge is 2.48. The van der Waals surface area contributed by atoms with Crippen LogP contribution < -0.4 is 5.43 Å². The molecular formula is C22H19NO6S. The fourth-order valence-electron chi connectivity index (χ4n) is 4.46. The number of sulfone groups is 1. The van der Waals surface area contributed by atoms with Crippen LogP contribution >= 0.6 is 0 Å². The predicted molar refractivity (Wildman–Crippen MR) is 110 cm³/mol. The fourth-order valence-corrected chi connectivity index (χ4v) is 6.17. The number of rotatable bonds is 2. The van der Waals surface area contributed by atoms with E-state index < -0.39 is 27.8 Å². The molecule has 1 fully saturated rings. The van der Waals surface area contributed by atoms with E-state index in [9.17, 15) is 23.1 Å². The third-order valence-corrected chi connectivity index (χ3v) is 7.62. The highest BCUT2D eigenvalue weighted by atomic mass is 32.2. The molecule has 2 aliphatic heterocycles. The van der Waals surface area contributed by atoms with Crippen LogP contribution in [0.4, 0.5) is 0 Å². The Balaban J connectivity index is 1.77. The van der Waals surface area contributed by atoms with Gasteiger partial charge in [0, 0.05) is 6.04 Å². The van der Waals surface area contributed by atoms with Gasteiger partial charge in [-0.25, -0.2) is 8.42 Å². The molecule has 0 spiro atoms. The van der Waals surface area contributed by atoms with Crippen LogP contribution in [0.5, 0.6) is 5.75 Å². The van der Waals surface area contributed by atoms with Crippen LogP contribution in [0, 0.1) is 6.92 Å². The van der Waals surface area contributed by atoms with Gasteiger partial charge in [0.15, 0.2) is 15.3 Å². The Morgan fingerprint density at radius 1 is 1.10 bits per heavy atom. The topological polar surface area (TPSA) is 105 Å². The zero-order chi connectivity index (χ0) is 21.2. The number of fused-ring (bicyclic) bond motifs is 2. The van der Waals surface area contributed by atoms with Gasteiger partial charge in [-0.1, -0.05) is 23.8 Å². The van der Waals surface area contributed by atoms with Gasteiger partial charge in [0.05, 0.1) is 28.5 Å². The van der Waals surface area contributed by atoms with E-state index in [-0.39, 0.29) is 34.0 Å². The maximum absolute atomic E-state index is 13.5. The molecule has 1 N–H and O–H groups in total. The molecule has 154 valence electrons. The van der Waals surface area contributed by atoms with Crippen LogP contribution in [-0.2, 0) is 9.84 Å². The molecule has 30 heavy (non-hydrogen) atoms. The molecule has 0 radical (unpaired) electrons.